The van der Waals surface area contributed by atoms with E-state index in [0.29, 0.717) is 0 Å². The quantitative estimate of drug-likeness (QED) is 0.511. The molecule has 0 saturated carbocycles. The number of rotatable bonds is 0. The van der Waals surface area contributed by atoms with E-state index in [1.54, 1.807) is 0 Å². The van der Waals surface area contributed by atoms with Crippen LogP contribution < -0.4 is 0 Å². The maximum atomic E-state index is 0. The van der Waals surface area contributed by atoms with Crippen molar-refractivity contribution in [1.82, 2.24) is 0 Å². The summed E-state index contributed by atoms with van der Waals surface area (Å²) in [6.07, 6.45) is 0. The summed E-state index contributed by atoms with van der Waals surface area (Å²) >= 11 is 0. The number of hydrogen-bond donors (Lipinski definition) is 0. The van der Waals surface area contributed by atoms with Gasteiger partial charge in [0.25, 0.3) is 0 Å². The Labute approximate surface area is 131 Å². The topological polar surface area (TPSA) is 28.5 Å². The largest absolute Gasteiger partial charge is 2.00 e. The Morgan fingerprint density at radius 2 is 1.17 bits per heavy atom. The summed E-state index contributed by atoms with van der Waals surface area (Å²) in [5.74, 6) is 0. The normalized spacial score (nSPS) is 0. The Kier molecular flexibility index (Phi) is 308. The van der Waals surface area contributed by atoms with E-state index in [2.05, 4.69) is 0 Å². The molecule has 0 aromatic rings. The fraction of sp³-hybridized carbons (Fsp3) is 0. The smallest absolute Gasteiger partial charge is 2.00 e. The van der Waals surface area contributed by atoms with Crippen LogP contribution in [0.15, 0.2) is 0 Å². The molecule has 0 aromatic carbocycles. The molecule has 1 nitrogen and oxygen atoms in total. The molecule has 0 rings (SSSR count). The van der Waals surface area contributed by atoms with Crippen LogP contribution in [0.1, 0.15) is 2.85 Å². The minimum atomic E-state index is 0. The molecular weight excluding hydrogens is 362 g/mol. The molecule has 2 radical (unpaired) electrons. The molecule has 0 atom stereocenters. The van der Waals surface area contributed by atoms with Gasteiger partial charge in [0.2, 0.25) is 0 Å². The van der Waals surface area contributed by atoms with Crippen LogP contribution in [-0.2, 0) is 59.1 Å². The predicted molar refractivity (Wildman–Crippen MR) is 14.4 cm³/mol. The molecule has 0 unspecified atom stereocenters. The molecule has 0 bridgehead atoms. The predicted octanol–water partition coefficient (Wildman–Crippen LogP) is -0.663. The number of hydrogen-bond acceptors (Lipinski definition) is 0. The van der Waals surface area contributed by atoms with Crippen molar-refractivity contribution in [3.8, 4) is 0 Å². The van der Waals surface area contributed by atoms with E-state index in [-0.39, 0.29) is 134 Å². The van der Waals surface area contributed by atoms with Gasteiger partial charge in [-0.1, -0.05) is 0 Å². The molecule has 6 heteroatoms. The van der Waals surface area contributed by atoms with Crippen LogP contribution in [0.3, 0.4) is 0 Å². The van der Waals surface area contributed by atoms with Crippen molar-refractivity contribution in [3.05, 3.63) is 0 Å². The summed E-state index contributed by atoms with van der Waals surface area (Å²) in [6, 6.07) is 0. The molecule has 6 heavy (non-hydrogen) atoms. The van der Waals surface area contributed by atoms with E-state index >= 15 is 0 Å². The van der Waals surface area contributed by atoms with E-state index in [1.165, 1.54) is 0 Å². The molecule has 0 aromatic heterocycles. The molecular formula is H2BaCuMgMnOZn. The van der Waals surface area contributed by atoms with E-state index in [1.807, 2.05) is 0 Å². The molecule has 0 aliphatic heterocycles. The second-order valence-electron chi connectivity index (χ2n) is 0. The molecule has 32 valence electrons. The standard InChI is InChI=1S/Ba.Cu.Mg.Mn.O.Zn.2H/q+2;;+2;;-2;;2*-1. The monoisotopic (exact) mass is 362 g/mol. The Morgan fingerprint density at radius 3 is 1.17 bits per heavy atom. The van der Waals surface area contributed by atoms with E-state index < -0.39 is 0 Å². The van der Waals surface area contributed by atoms with Crippen molar-refractivity contribution in [1.29, 1.82) is 0 Å². The summed E-state index contributed by atoms with van der Waals surface area (Å²) in [7, 11) is 0. The summed E-state index contributed by atoms with van der Waals surface area (Å²) in [5.41, 5.74) is 0. The van der Waals surface area contributed by atoms with Gasteiger partial charge in [-0.25, -0.2) is 0 Å². The van der Waals surface area contributed by atoms with Crippen molar-refractivity contribution in [3.63, 3.8) is 0 Å². The summed E-state index contributed by atoms with van der Waals surface area (Å²) in [4.78, 5) is 0. The van der Waals surface area contributed by atoms with Gasteiger partial charge in [-0.05, 0) is 0 Å². The van der Waals surface area contributed by atoms with Gasteiger partial charge in [0.1, 0.15) is 0 Å². The van der Waals surface area contributed by atoms with Gasteiger partial charge in [-0.3, -0.25) is 0 Å². The summed E-state index contributed by atoms with van der Waals surface area (Å²) < 4.78 is 0. The third-order valence-corrected chi connectivity index (χ3v) is 0. The van der Waals surface area contributed by atoms with Gasteiger partial charge in [-0.15, -0.1) is 0 Å². The average Bonchev–Trinajstić information content (AvgIpc) is 0. The fourth-order valence-corrected chi connectivity index (χ4v) is 0. The van der Waals surface area contributed by atoms with Crippen LogP contribution in [-0.4, -0.2) is 71.9 Å². The van der Waals surface area contributed by atoms with Gasteiger partial charge < -0.3 is 8.33 Å². The third-order valence-electron chi connectivity index (χ3n) is 0. The first-order valence-electron chi connectivity index (χ1n) is 0. The maximum absolute atomic E-state index is 0. The third kappa shape index (κ3) is 24.6. The van der Waals surface area contributed by atoms with Gasteiger partial charge in [-0.2, -0.15) is 0 Å². The molecule has 0 aliphatic carbocycles. The van der Waals surface area contributed by atoms with Crippen LogP contribution in [0.4, 0.5) is 0 Å². The van der Waals surface area contributed by atoms with Crippen molar-refractivity contribution >= 4 is 71.9 Å². The average molecular weight is 364 g/mol. The van der Waals surface area contributed by atoms with Crippen molar-refractivity contribution in [2.75, 3.05) is 0 Å². The van der Waals surface area contributed by atoms with Crippen molar-refractivity contribution < 1.29 is 61.9 Å². The molecule has 0 amide bonds. The van der Waals surface area contributed by atoms with E-state index in [9.17, 15) is 0 Å². The first-order chi connectivity index (χ1) is 0. The minimum absolute atomic E-state index is 0. The molecule has 0 aliphatic rings. The van der Waals surface area contributed by atoms with E-state index in [0.717, 1.165) is 0 Å². The first kappa shape index (κ1) is 51.0. The van der Waals surface area contributed by atoms with Crippen LogP contribution in [0.2, 0.25) is 0 Å². The van der Waals surface area contributed by atoms with Gasteiger partial charge in [0.05, 0.1) is 0 Å². The molecule has 0 saturated heterocycles. The second-order valence-corrected chi connectivity index (χ2v) is 0. The molecule has 0 fully saturated rings. The summed E-state index contributed by atoms with van der Waals surface area (Å²) in [5, 5.41) is 0. The van der Waals surface area contributed by atoms with Crippen LogP contribution in [0.5, 0.6) is 0 Å². The van der Waals surface area contributed by atoms with Gasteiger partial charge >= 0.3 is 71.9 Å². The Bertz CT molecular complexity index is 22.0. The zero-order valence-corrected chi connectivity index (χ0v) is 14.2. The van der Waals surface area contributed by atoms with Crippen molar-refractivity contribution in [2.45, 2.75) is 0 Å². The van der Waals surface area contributed by atoms with Crippen molar-refractivity contribution in [2.24, 2.45) is 0 Å². The Morgan fingerprint density at radius 1 is 1.17 bits per heavy atom. The summed E-state index contributed by atoms with van der Waals surface area (Å²) in [6.45, 7) is 0. The van der Waals surface area contributed by atoms with Crippen LogP contribution in [0.25, 0.3) is 0 Å². The molecule has 0 spiro atoms. The Balaban J connectivity index is 0. The Hall–Kier alpha value is 3.96. The van der Waals surface area contributed by atoms with Gasteiger partial charge in [0, 0.05) is 53.6 Å². The molecule has 0 N–H and O–H groups in total. The maximum Gasteiger partial charge on any atom is 2.00 e. The fourth-order valence-electron chi connectivity index (χ4n) is 0. The van der Waals surface area contributed by atoms with Crippen LogP contribution in [0, 0.1) is 0 Å². The zero-order chi connectivity index (χ0) is 0. The van der Waals surface area contributed by atoms with Gasteiger partial charge in [0.15, 0.2) is 0 Å². The SMILES string of the molecule is [Ba+2].[Cu].[H-].[H-].[Mg+2].[Mn].[O-2].[Zn]. The minimum Gasteiger partial charge on any atom is -2.00 e. The zero-order valence-electron chi connectivity index (χ0n) is 5.21. The second kappa shape index (κ2) is 36.2. The van der Waals surface area contributed by atoms with E-state index in [4.69, 9.17) is 0 Å². The first-order valence-corrected chi connectivity index (χ1v) is 0. The van der Waals surface area contributed by atoms with Crippen LogP contribution >= 0.6 is 0 Å². The molecule has 0 heterocycles.